The molecule has 1 saturated heterocycles. The van der Waals surface area contributed by atoms with Gasteiger partial charge in [0, 0.05) is 31.5 Å². The van der Waals surface area contributed by atoms with Crippen molar-refractivity contribution in [1.29, 1.82) is 0 Å². The van der Waals surface area contributed by atoms with Crippen LogP contribution in [-0.2, 0) is 7.05 Å². The van der Waals surface area contributed by atoms with Gasteiger partial charge in [0.2, 0.25) is 5.95 Å². The third-order valence-electron chi connectivity index (χ3n) is 5.62. The lowest BCUT2D eigenvalue weighted by molar-refractivity contribution is 0.0922. The third kappa shape index (κ3) is 5.31. The van der Waals surface area contributed by atoms with E-state index in [0.29, 0.717) is 23.0 Å². The monoisotopic (exact) mass is 433 g/mol. The molecule has 0 aliphatic carbocycles. The van der Waals surface area contributed by atoms with Crippen molar-refractivity contribution in [1.82, 2.24) is 30.0 Å². The SMILES string of the molecule is Cc1cc(C)cc(Nc2nccc(-c3cc(C(=O)N[C@@H](C)CN4CCCC4)n(C)n3)n2)c1. The van der Waals surface area contributed by atoms with E-state index in [1.54, 1.807) is 30.1 Å². The number of nitrogens with zero attached hydrogens (tertiary/aromatic N) is 5. The van der Waals surface area contributed by atoms with Crippen molar-refractivity contribution in [2.24, 2.45) is 7.05 Å². The molecule has 3 aromatic rings. The van der Waals surface area contributed by atoms with Crippen LogP contribution in [0.15, 0.2) is 36.5 Å². The number of rotatable bonds is 7. The maximum atomic E-state index is 12.8. The average molecular weight is 434 g/mol. The molecule has 8 nitrogen and oxygen atoms in total. The molecule has 8 heteroatoms. The molecule has 168 valence electrons. The van der Waals surface area contributed by atoms with Crippen molar-refractivity contribution in [2.75, 3.05) is 25.0 Å². The van der Waals surface area contributed by atoms with Crippen molar-refractivity contribution < 1.29 is 4.79 Å². The van der Waals surface area contributed by atoms with Crippen molar-refractivity contribution >= 4 is 17.5 Å². The van der Waals surface area contributed by atoms with E-state index >= 15 is 0 Å². The van der Waals surface area contributed by atoms with Crippen LogP contribution in [0, 0.1) is 13.8 Å². The molecule has 2 N–H and O–H groups in total. The second-order valence-corrected chi connectivity index (χ2v) is 8.69. The zero-order valence-electron chi connectivity index (χ0n) is 19.2. The van der Waals surface area contributed by atoms with Crippen molar-refractivity contribution in [3.63, 3.8) is 0 Å². The van der Waals surface area contributed by atoms with Gasteiger partial charge in [-0.25, -0.2) is 9.97 Å². The lowest BCUT2D eigenvalue weighted by Crippen LogP contribution is -2.41. The van der Waals surface area contributed by atoms with Gasteiger partial charge in [-0.2, -0.15) is 5.10 Å². The highest BCUT2D eigenvalue weighted by Gasteiger charge is 2.20. The van der Waals surface area contributed by atoms with Crippen LogP contribution in [0.5, 0.6) is 0 Å². The van der Waals surface area contributed by atoms with E-state index in [9.17, 15) is 4.79 Å². The molecular formula is C24H31N7O. The number of hydrogen-bond acceptors (Lipinski definition) is 6. The Hall–Kier alpha value is -3.26. The van der Waals surface area contributed by atoms with Gasteiger partial charge in [-0.15, -0.1) is 0 Å². The molecular weight excluding hydrogens is 402 g/mol. The van der Waals surface area contributed by atoms with Gasteiger partial charge in [0.25, 0.3) is 5.91 Å². The summed E-state index contributed by atoms with van der Waals surface area (Å²) in [5, 5.41) is 10.9. The Bertz CT molecular complexity index is 1080. The largest absolute Gasteiger partial charge is 0.347 e. The predicted octanol–water partition coefficient (Wildman–Crippen LogP) is 3.45. The summed E-state index contributed by atoms with van der Waals surface area (Å²) in [6.07, 6.45) is 4.18. The van der Waals surface area contributed by atoms with Crippen LogP contribution in [0.3, 0.4) is 0 Å². The van der Waals surface area contributed by atoms with Gasteiger partial charge in [-0.1, -0.05) is 6.07 Å². The summed E-state index contributed by atoms with van der Waals surface area (Å²) in [5.74, 6) is 0.365. The Labute approximate surface area is 189 Å². The van der Waals surface area contributed by atoms with E-state index in [-0.39, 0.29) is 11.9 Å². The Balaban J connectivity index is 1.47. The smallest absolute Gasteiger partial charge is 0.269 e. The molecule has 0 spiro atoms. The third-order valence-corrected chi connectivity index (χ3v) is 5.62. The van der Waals surface area contributed by atoms with Crippen LogP contribution >= 0.6 is 0 Å². The van der Waals surface area contributed by atoms with Crippen LogP contribution < -0.4 is 10.6 Å². The standard InChI is InChI=1S/C24H31N7O/c1-16-11-17(2)13-19(12-16)27-24-25-8-7-20(28-24)21-14-22(30(4)29-21)23(32)26-18(3)15-31-9-5-6-10-31/h7-8,11-14,18H,5-6,9-10,15H2,1-4H3,(H,26,32)(H,25,27,28)/t18-/m0/s1. The van der Waals surface area contributed by atoms with Crippen molar-refractivity contribution in [3.05, 3.63) is 53.3 Å². The number of carbonyl (C=O) groups excluding carboxylic acids is 1. The Kier molecular flexibility index (Phi) is 6.50. The summed E-state index contributed by atoms with van der Waals surface area (Å²) < 4.78 is 1.60. The number of likely N-dealkylation sites (tertiary alicyclic amines) is 1. The second kappa shape index (κ2) is 9.48. The highest BCUT2D eigenvalue weighted by atomic mass is 16.2. The normalized spacial score (nSPS) is 15.0. The minimum atomic E-state index is -0.124. The topological polar surface area (TPSA) is 88.0 Å². The summed E-state index contributed by atoms with van der Waals surface area (Å²) >= 11 is 0. The van der Waals surface area contributed by atoms with Crippen molar-refractivity contribution in [3.8, 4) is 11.4 Å². The molecule has 1 aromatic carbocycles. The number of anilines is 2. The quantitative estimate of drug-likeness (QED) is 0.593. The van der Waals surface area contributed by atoms with Gasteiger partial charge in [-0.3, -0.25) is 9.48 Å². The molecule has 1 amide bonds. The van der Waals surface area contributed by atoms with Gasteiger partial charge in [-0.05, 0) is 82.1 Å². The summed E-state index contributed by atoms with van der Waals surface area (Å²) in [7, 11) is 1.78. The molecule has 0 unspecified atom stereocenters. The highest BCUT2D eigenvalue weighted by Crippen LogP contribution is 2.21. The molecule has 0 bridgehead atoms. The van der Waals surface area contributed by atoms with E-state index in [1.165, 1.54) is 24.0 Å². The van der Waals surface area contributed by atoms with Crippen molar-refractivity contribution in [2.45, 2.75) is 39.7 Å². The Morgan fingerprint density at radius 1 is 1.09 bits per heavy atom. The van der Waals surface area contributed by atoms with E-state index in [0.717, 1.165) is 25.3 Å². The molecule has 4 rings (SSSR count). The lowest BCUT2D eigenvalue weighted by atomic mass is 10.1. The summed E-state index contributed by atoms with van der Waals surface area (Å²) in [6.45, 7) is 9.26. The van der Waals surface area contributed by atoms with E-state index in [1.807, 2.05) is 6.92 Å². The fourth-order valence-electron chi connectivity index (χ4n) is 4.24. The fourth-order valence-corrected chi connectivity index (χ4v) is 4.24. The van der Waals surface area contributed by atoms with Gasteiger partial charge in [0.15, 0.2) is 0 Å². The number of nitrogens with one attached hydrogen (secondary N) is 2. The van der Waals surface area contributed by atoms with Gasteiger partial charge >= 0.3 is 0 Å². The summed E-state index contributed by atoms with van der Waals surface area (Å²) in [6, 6.07) is 9.87. The Morgan fingerprint density at radius 3 is 2.53 bits per heavy atom. The molecule has 1 fully saturated rings. The maximum Gasteiger partial charge on any atom is 0.269 e. The zero-order valence-corrected chi connectivity index (χ0v) is 19.2. The fraction of sp³-hybridized carbons (Fsp3) is 0.417. The second-order valence-electron chi connectivity index (χ2n) is 8.69. The first-order valence-electron chi connectivity index (χ1n) is 11.1. The van der Waals surface area contributed by atoms with Crippen LogP contribution in [0.2, 0.25) is 0 Å². The summed E-state index contributed by atoms with van der Waals surface area (Å²) in [5.41, 5.74) is 5.08. The lowest BCUT2D eigenvalue weighted by Gasteiger charge is -2.21. The number of carbonyl (C=O) groups is 1. The Morgan fingerprint density at radius 2 is 1.81 bits per heavy atom. The van der Waals surface area contributed by atoms with Gasteiger partial charge in [0.05, 0.1) is 5.69 Å². The highest BCUT2D eigenvalue weighted by molar-refractivity contribution is 5.93. The number of aryl methyl sites for hydroxylation is 3. The minimum absolute atomic E-state index is 0.0755. The maximum absolute atomic E-state index is 12.8. The predicted molar refractivity (Wildman–Crippen MR) is 126 cm³/mol. The average Bonchev–Trinajstić information content (AvgIpc) is 3.37. The van der Waals surface area contributed by atoms with Crippen LogP contribution in [0.1, 0.15) is 41.4 Å². The molecule has 2 aromatic heterocycles. The molecule has 1 atom stereocenters. The number of hydrogen-bond donors (Lipinski definition) is 2. The minimum Gasteiger partial charge on any atom is -0.347 e. The van der Waals surface area contributed by atoms with Gasteiger partial charge < -0.3 is 15.5 Å². The molecule has 3 heterocycles. The van der Waals surface area contributed by atoms with E-state index < -0.39 is 0 Å². The van der Waals surface area contributed by atoms with E-state index in [4.69, 9.17) is 0 Å². The first kappa shape index (κ1) is 22.0. The first-order valence-corrected chi connectivity index (χ1v) is 11.1. The zero-order chi connectivity index (χ0) is 22.7. The summed E-state index contributed by atoms with van der Waals surface area (Å²) in [4.78, 5) is 24.2. The molecule has 1 aliphatic rings. The molecule has 0 saturated carbocycles. The van der Waals surface area contributed by atoms with Crippen LogP contribution in [0.4, 0.5) is 11.6 Å². The molecule has 1 aliphatic heterocycles. The first-order chi connectivity index (χ1) is 15.4. The number of amides is 1. The number of aromatic nitrogens is 4. The number of benzene rings is 1. The van der Waals surface area contributed by atoms with E-state index in [2.05, 4.69) is 62.6 Å². The van der Waals surface area contributed by atoms with Gasteiger partial charge in [0.1, 0.15) is 11.4 Å². The molecule has 0 radical (unpaired) electrons. The molecule has 32 heavy (non-hydrogen) atoms. The van der Waals surface area contributed by atoms with Crippen LogP contribution in [0.25, 0.3) is 11.4 Å². The van der Waals surface area contributed by atoms with Crippen LogP contribution in [-0.4, -0.2) is 56.2 Å².